The summed E-state index contributed by atoms with van der Waals surface area (Å²) in [6, 6.07) is 11.1. The van der Waals surface area contributed by atoms with E-state index in [2.05, 4.69) is 15.0 Å². The summed E-state index contributed by atoms with van der Waals surface area (Å²) in [6.07, 6.45) is 5.00. The van der Waals surface area contributed by atoms with Gasteiger partial charge in [-0.05, 0) is 12.1 Å². The summed E-state index contributed by atoms with van der Waals surface area (Å²) in [7, 11) is 0. The Morgan fingerprint density at radius 1 is 1.00 bits per heavy atom. The lowest BCUT2D eigenvalue weighted by Gasteiger charge is -2.12. The van der Waals surface area contributed by atoms with Crippen molar-refractivity contribution in [1.82, 2.24) is 24.5 Å². The lowest BCUT2D eigenvalue weighted by molar-refractivity contribution is 0.933. The fourth-order valence-electron chi connectivity index (χ4n) is 3.02. The molecule has 1 N–H and O–H groups in total. The molecule has 5 aromatic rings. The fourth-order valence-corrected chi connectivity index (χ4v) is 3.87. The van der Waals surface area contributed by atoms with Crippen molar-refractivity contribution in [2.75, 3.05) is 0 Å². The number of fused-ring (bicyclic) bond motifs is 1. The van der Waals surface area contributed by atoms with Gasteiger partial charge in [-0.3, -0.25) is 4.79 Å². The van der Waals surface area contributed by atoms with Crippen LogP contribution in [0.25, 0.3) is 39.5 Å². The monoisotopic (exact) mass is 405 g/mol. The molecule has 0 atom stereocenters. The van der Waals surface area contributed by atoms with Crippen molar-refractivity contribution in [2.24, 2.45) is 0 Å². The maximum atomic E-state index is 13.2. The number of hydrogen-bond donors (Lipinski definition) is 1. The summed E-state index contributed by atoms with van der Waals surface area (Å²) in [6.45, 7) is 0. The highest BCUT2D eigenvalue weighted by atomic mass is 35.5. The third-order valence-electron chi connectivity index (χ3n) is 4.37. The number of aromatic nitrogens is 5. The molecule has 0 saturated carbocycles. The zero-order chi connectivity index (χ0) is 19.1. The van der Waals surface area contributed by atoms with Crippen molar-refractivity contribution >= 4 is 33.8 Å². The van der Waals surface area contributed by atoms with E-state index in [1.807, 2.05) is 29.6 Å². The van der Waals surface area contributed by atoms with Gasteiger partial charge in [-0.25, -0.2) is 19.5 Å². The first kappa shape index (κ1) is 16.9. The first-order valence-corrected chi connectivity index (χ1v) is 9.74. The van der Waals surface area contributed by atoms with E-state index < -0.39 is 0 Å². The molecule has 4 heterocycles. The average Bonchev–Trinajstić information content (AvgIpc) is 3.41. The Hall–Kier alpha value is -3.29. The number of H-pyrrole nitrogens is 1. The summed E-state index contributed by atoms with van der Waals surface area (Å²) in [4.78, 5) is 29.6. The molecule has 1 aromatic carbocycles. The molecule has 0 spiro atoms. The molecular weight excluding hydrogens is 394 g/mol. The van der Waals surface area contributed by atoms with Gasteiger partial charge in [0.25, 0.3) is 5.56 Å². The standard InChI is InChI=1S/C20H12ClN5OS/c21-14-5-6-17(24-9-14)26-19(25-16-11-28-10-15(16)20(26)27)13-3-1-12(2-4-13)18-22-7-8-23-18/h1-11H,(H,22,23). The molecule has 8 heteroatoms. The van der Waals surface area contributed by atoms with Crippen molar-refractivity contribution in [3.05, 3.63) is 81.1 Å². The van der Waals surface area contributed by atoms with Crippen LogP contribution in [0.3, 0.4) is 0 Å². The van der Waals surface area contributed by atoms with E-state index in [9.17, 15) is 4.79 Å². The van der Waals surface area contributed by atoms with Crippen LogP contribution in [0.4, 0.5) is 0 Å². The molecule has 4 aromatic heterocycles. The molecule has 0 radical (unpaired) electrons. The zero-order valence-electron chi connectivity index (χ0n) is 14.3. The van der Waals surface area contributed by atoms with Crippen molar-refractivity contribution in [2.45, 2.75) is 0 Å². The molecule has 0 saturated heterocycles. The number of nitrogens with zero attached hydrogens (tertiary/aromatic N) is 4. The highest BCUT2D eigenvalue weighted by Gasteiger charge is 2.16. The normalized spacial score (nSPS) is 11.2. The topological polar surface area (TPSA) is 76.5 Å². The van der Waals surface area contributed by atoms with Crippen LogP contribution in [0.1, 0.15) is 0 Å². The van der Waals surface area contributed by atoms with E-state index in [0.29, 0.717) is 27.6 Å². The zero-order valence-corrected chi connectivity index (χ0v) is 15.9. The molecule has 5 rings (SSSR count). The van der Waals surface area contributed by atoms with Crippen LogP contribution in [0.2, 0.25) is 5.02 Å². The van der Waals surface area contributed by atoms with E-state index in [1.54, 1.807) is 29.9 Å². The third-order valence-corrected chi connectivity index (χ3v) is 5.32. The minimum atomic E-state index is -0.161. The SMILES string of the molecule is O=c1c2cscc2nc(-c2ccc(-c3ncc[nH]3)cc2)n1-c1ccc(Cl)cn1. The summed E-state index contributed by atoms with van der Waals surface area (Å²) in [5.74, 6) is 1.78. The Kier molecular flexibility index (Phi) is 4.03. The lowest BCUT2D eigenvalue weighted by Crippen LogP contribution is -2.22. The van der Waals surface area contributed by atoms with Crippen LogP contribution in [-0.4, -0.2) is 24.5 Å². The number of benzene rings is 1. The van der Waals surface area contributed by atoms with Crippen LogP contribution < -0.4 is 5.56 Å². The minimum Gasteiger partial charge on any atom is -0.345 e. The van der Waals surface area contributed by atoms with Crippen LogP contribution in [0.5, 0.6) is 0 Å². The number of thiophene rings is 1. The second-order valence-corrected chi connectivity index (χ2v) is 7.28. The smallest absolute Gasteiger partial charge is 0.268 e. The van der Waals surface area contributed by atoms with Crippen molar-refractivity contribution in [3.8, 4) is 28.6 Å². The second-order valence-electron chi connectivity index (χ2n) is 6.10. The summed E-state index contributed by atoms with van der Waals surface area (Å²) in [5, 5.41) is 4.75. The number of pyridine rings is 1. The molecule has 0 bridgehead atoms. The van der Waals surface area contributed by atoms with Crippen molar-refractivity contribution in [3.63, 3.8) is 0 Å². The van der Waals surface area contributed by atoms with Gasteiger partial charge in [-0.1, -0.05) is 35.9 Å². The molecule has 136 valence electrons. The summed E-state index contributed by atoms with van der Waals surface area (Å²) < 4.78 is 1.52. The van der Waals surface area contributed by atoms with Crippen molar-refractivity contribution < 1.29 is 0 Å². The highest BCUT2D eigenvalue weighted by molar-refractivity contribution is 7.09. The lowest BCUT2D eigenvalue weighted by atomic mass is 10.1. The molecular formula is C20H12ClN5OS. The van der Waals surface area contributed by atoms with E-state index >= 15 is 0 Å². The minimum absolute atomic E-state index is 0.161. The molecule has 0 aliphatic heterocycles. The maximum absolute atomic E-state index is 13.2. The van der Waals surface area contributed by atoms with Gasteiger partial charge in [0.05, 0.1) is 15.9 Å². The molecule has 0 amide bonds. The van der Waals surface area contributed by atoms with E-state index in [-0.39, 0.29) is 5.56 Å². The third kappa shape index (κ3) is 2.81. The predicted octanol–water partition coefficient (Wildman–Crippen LogP) is 4.55. The van der Waals surface area contributed by atoms with Gasteiger partial charge in [0, 0.05) is 40.5 Å². The number of halogens is 1. The molecule has 0 fully saturated rings. The van der Waals surface area contributed by atoms with Gasteiger partial charge in [0.15, 0.2) is 0 Å². The summed E-state index contributed by atoms with van der Waals surface area (Å²) in [5.41, 5.74) is 2.26. The first-order valence-electron chi connectivity index (χ1n) is 8.42. The number of hydrogen-bond acceptors (Lipinski definition) is 5. The van der Waals surface area contributed by atoms with Gasteiger partial charge in [0.1, 0.15) is 17.5 Å². The van der Waals surface area contributed by atoms with Crippen LogP contribution in [0, 0.1) is 0 Å². The number of aromatic amines is 1. The van der Waals surface area contributed by atoms with Gasteiger partial charge in [-0.15, -0.1) is 11.3 Å². The Bertz CT molecular complexity index is 1320. The average molecular weight is 406 g/mol. The molecule has 0 aliphatic carbocycles. The van der Waals surface area contributed by atoms with E-state index in [0.717, 1.165) is 17.0 Å². The quantitative estimate of drug-likeness (QED) is 0.477. The van der Waals surface area contributed by atoms with Gasteiger partial charge in [0.2, 0.25) is 0 Å². The Labute approximate surface area is 168 Å². The number of nitrogens with one attached hydrogen (secondary N) is 1. The largest absolute Gasteiger partial charge is 0.345 e. The van der Waals surface area contributed by atoms with E-state index in [1.165, 1.54) is 22.1 Å². The first-order chi connectivity index (χ1) is 13.7. The maximum Gasteiger partial charge on any atom is 0.268 e. The van der Waals surface area contributed by atoms with Crippen LogP contribution in [0.15, 0.2) is 70.5 Å². The van der Waals surface area contributed by atoms with E-state index in [4.69, 9.17) is 16.6 Å². The Balaban J connectivity index is 1.73. The fraction of sp³-hybridized carbons (Fsp3) is 0. The molecule has 28 heavy (non-hydrogen) atoms. The van der Waals surface area contributed by atoms with Crippen LogP contribution >= 0.6 is 22.9 Å². The molecule has 6 nitrogen and oxygen atoms in total. The van der Waals surface area contributed by atoms with Gasteiger partial charge >= 0.3 is 0 Å². The molecule has 0 unspecified atom stereocenters. The Morgan fingerprint density at radius 2 is 1.82 bits per heavy atom. The van der Waals surface area contributed by atoms with Crippen LogP contribution in [-0.2, 0) is 0 Å². The van der Waals surface area contributed by atoms with Gasteiger partial charge < -0.3 is 4.98 Å². The second kappa shape index (κ2) is 6.70. The van der Waals surface area contributed by atoms with Gasteiger partial charge in [-0.2, -0.15) is 0 Å². The molecule has 0 aliphatic rings. The number of rotatable bonds is 3. The van der Waals surface area contributed by atoms with Crippen molar-refractivity contribution in [1.29, 1.82) is 0 Å². The summed E-state index contributed by atoms with van der Waals surface area (Å²) >= 11 is 7.42. The Morgan fingerprint density at radius 3 is 2.54 bits per heavy atom. The predicted molar refractivity (Wildman–Crippen MR) is 111 cm³/mol. The number of imidazole rings is 1. The highest BCUT2D eigenvalue weighted by Crippen LogP contribution is 2.25.